The lowest BCUT2D eigenvalue weighted by atomic mass is 9.85. The van der Waals surface area contributed by atoms with Gasteiger partial charge in [-0.15, -0.1) is 0 Å². The van der Waals surface area contributed by atoms with Gasteiger partial charge in [0.2, 0.25) is 15.9 Å². The van der Waals surface area contributed by atoms with Crippen LogP contribution < -0.4 is 4.72 Å². The number of carbonyl (C=O) groups excluding carboxylic acids is 1. The SMILES string of the molecule is CCN(C)C(=O)[C@H]1CC[C@H](NS(=O)(=O)c2ccc3cc(-c4ccc(CCC(=O)O)cc4)n(C)c3c2)CC1. The van der Waals surface area contributed by atoms with Crippen molar-refractivity contribution in [3.63, 3.8) is 0 Å². The van der Waals surface area contributed by atoms with Crippen LogP contribution in [0.3, 0.4) is 0 Å². The molecule has 1 aliphatic carbocycles. The number of carbonyl (C=O) groups is 2. The molecule has 2 N–H and O–H groups in total. The van der Waals surface area contributed by atoms with Crippen LogP contribution in [0, 0.1) is 5.92 Å². The lowest BCUT2D eigenvalue weighted by molar-refractivity contribution is -0.137. The number of hydrogen-bond acceptors (Lipinski definition) is 4. The molecule has 3 aromatic rings. The fourth-order valence-electron chi connectivity index (χ4n) is 5.06. The molecule has 1 saturated carbocycles. The van der Waals surface area contributed by atoms with Crippen LogP contribution in [-0.4, -0.2) is 54.5 Å². The standard InChI is InChI=1S/C28H35N3O5S/c1-4-30(2)28(34)21-10-13-23(14-11-21)29-37(35,36)24-15-12-22-17-25(31(3)26(22)18-24)20-8-5-19(6-9-20)7-16-27(32)33/h5-6,8-9,12,15,17-18,21,23,29H,4,7,10-11,13-14,16H2,1-3H3,(H,32,33)/t21-,23-. The molecule has 0 radical (unpaired) electrons. The zero-order chi connectivity index (χ0) is 26.7. The van der Waals surface area contributed by atoms with E-state index in [1.807, 2.05) is 54.9 Å². The Bertz CT molecular complexity index is 1390. The summed E-state index contributed by atoms with van der Waals surface area (Å²) < 4.78 is 31.3. The van der Waals surface area contributed by atoms with E-state index in [0.717, 1.165) is 27.7 Å². The fraction of sp³-hybridized carbons (Fsp3) is 0.429. The highest BCUT2D eigenvalue weighted by Gasteiger charge is 2.30. The Kier molecular flexibility index (Phi) is 8.04. The zero-order valence-corrected chi connectivity index (χ0v) is 22.4. The summed E-state index contributed by atoms with van der Waals surface area (Å²) in [4.78, 5) is 25.2. The van der Waals surface area contributed by atoms with E-state index in [9.17, 15) is 18.0 Å². The van der Waals surface area contributed by atoms with Crippen LogP contribution in [0.2, 0.25) is 0 Å². The highest BCUT2D eigenvalue weighted by atomic mass is 32.2. The molecular weight excluding hydrogens is 490 g/mol. The lowest BCUT2D eigenvalue weighted by Crippen LogP contribution is -2.41. The zero-order valence-electron chi connectivity index (χ0n) is 21.6. The number of carboxylic acid groups (broad SMARTS) is 1. The molecule has 0 atom stereocenters. The van der Waals surface area contributed by atoms with E-state index in [1.165, 1.54) is 0 Å². The summed E-state index contributed by atoms with van der Waals surface area (Å²) in [5.41, 5.74) is 3.69. The van der Waals surface area contributed by atoms with Crippen molar-refractivity contribution in [3.8, 4) is 11.3 Å². The Morgan fingerprint density at radius 3 is 2.35 bits per heavy atom. The first-order chi connectivity index (χ1) is 17.6. The van der Waals surface area contributed by atoms with Gasteiger partial charge in [-0.25, -0.2) is 13.1 Å². The number of carboxylic acids is 1. The van der Waals surface area contributed by atoms with E-state index in [0.29, 0.717) is 38.6 Å². The molecule has 0 bridgehead atoms. The summed E-state index contributed by atoms with van der Waals surface area (Å²) in [6, 6.07) is 14.8. The number of amides is 1. The molecule has 1 fully saturated rings. The third kappa shape index (κ3) is 6.05. The number of rotatable bonds is 9. The lowest BCUT2D eigenvalue weighted by Gasteiger charge is -2.30. The number of nitrogens with zero attached hydrogens (tertiary/aromatic N) is 2. The van der Waals surface area contributed by atoms with Gasteiger partial charge in [-0.2, -0.15) is 0 Å². The van der Waals surface area contributed by atoms with Crippen LogP contribution in [0.1, 0.15) is 44.6 Å². The minimum absolute atomic E-state index is 0.0323. The predicted octanol–water partition coefficient (Wildman–Crippen LogP) is 4.18. The molecule has 37 heavy (non-hydrogen) atoms. The monoisotopic (exact) mass is 525 g/mol. The number of aliphatic carboxylic acids is 1. The molecule has 0 spiro atoms. The van der Waals surface area contributed by atoms with E-state index in [4.69, 9.17) is 5.11 Å². The van der Waals surface area contributed by atoms with E-state index < -0.39 is 16.0 Å². The molecule has 0 saturated heterocycles. The van der Waals surface area contributed by atoms with E-state index in [-0.39, 0.29) is 29.2 Å². The molecule has 1 aromatic heterocycles. The quantitative estimate of drug-likeness (QED) is 0.436. The van der Waals surface area contributed by atoms with Crippen molar-refractivity contribution < 1.29 is 23.1 Å². The third-order valence-electron chi connectivity index (χ3n) is 7.45. The molecular formula is C28H35N3O5S. The molecule has 4 rings (SSSR count). The number of benzene rings is 2. The van der Waals surface area contributed by atoms with Gasteiger partial charge in [-0.05, 0) is 68.4 Å². The third-order valence-corrected chi connectivity index (χ3v) is 8.97. The Morgan fingerprint density at radius 1 is 1.05 bits per heavy atom. The Hall–Kier alpha value is -3.17. The van der Waals surface area contributed by atoms with Gasteiger partial charge < -0.3 is 14.6 Å². The number of fused-ring (bicyclic) bond motifs is 1. The van der Waals surface area contributed by atoms with Gasteiger partial charge in [0.25, 0.3) is 0 Å². The van der Waals surface area contributed by atoms with Crippen molar-refractivity contribution in [1.29, 1.82) is 0 Å². The van der Waals surface area contributed by atoms with Crippen LogP contribution in [-0.2, 0) is 33.1 Å². The number of sulfonamides is 1. The first kappa shape index (κ1) is 26.9. The Labute approximate surface area is 218 Å². The number of aryl methyl sites for hydroxylation is 2. The summed E-state index contributed by atoms with van der Waals surface area (Å²) in [5, 5.41) is 9.82. The van der Waals surface area contributed by atoms with E-state index in [1.54, 1.807) is 24.1 Å². The highest BCUT2D eigenvalue weighted by molar-refractivity contribution is 7.89. The Balaban J connectivity index is 1.48. The van der Waals surface area contributed by atoms with E-state index in [2.05, 4.69) is 4.72 Å². The van der Waals surface area contributed by atoms with Gasteiger partial charge in [0.05, 0.1) is 4.90 Å². The molecule has 2 aromatic carbocycles. The topological polar surface area (TPSA) is 109 Å². The average molecular weight is 526 g/mol. The average Bonchev–Trinajstić information content (AvgIpc) is 3.22. The molecule has 1 aliphatic rings. The van der Waals surface area contributed by atoms with Gasteiger partial charge in [0, 0.05) is 55.6 Å². The first-order valence-corrected chi connectivity index (χ1v) is 14.2. The molecule has 8 nitrogen and oxygen atoms in total. The van der Waals surface area contributed by atoms with Gasteiger partial charge >= 0.3 is 5.97 Å². The summed E-state index contributed by atoms with van der Waals surface area (Å²) in [6.45, 7) is 2.62. The van der Waals surface area contributed by atoms with Gasteiger partial charge in [-0.1, -0.05) is 30.3 Å². The summed E-state index contributed by atoms with van der Waals surface area (Å²) in [6.07, 6.45) is 3.23. The van der Waals surface area contributed by atoms with Crippen LogP contribution in [0.25, 0.3) is 22.2 Å². The fourth-order valence-corrected chi connectivity index (χ4v) is 6.39. The van der Waals surface area contributed by atoms with Crippen molar-refractivity contribution in [2.75, 3.05) is 13.6 Å². The second-order valence-corrected chi connectivity index (χ2v) is 11.6. The maximum Gasteiger partial charge on any atom is 0.303 e. The Morgan fingerprint density at radius 2 is 1.73 bits per heavy atom. The first-order valence-electron chi connectivity index (χ1n) is 12.8. The van der Waals surface area contributed by atoms with Crippen molar-refractivity contribution >= 4 is 32.8 Å². The van der Waals surface area contributed by atoms with E-state index >= 15 is 0 Å². The molecule has 198 valence electrons. The van der Waals surface area contributed by atoms with Crippen molar-refractivity contribution in [3.05, 3.63) is 54.1 Å². The summed E-state index contributed by atoms with van der Waals surface area (Å²) >= 11 is 0. The molecule has 1 heterocycles. The smallest absolute Gasteiger partial charge is 0.303 e. The summed E-state index contributed by atoms with van der Waals surface area (Å²) in [7, 11) is 0.00566. The van der Waals surface area contributed by atoms with Crippen LogP contribution in [0.4, 0.5) is 0 Å². The number of aromatic nitrogens is 1. The molecule has 1 amide bonds. The summed E-state index contributed by atoms with van der Waals surface area (Å²) in [5.74, 6) is -0.709. The second kappa shape index (κ2) is 11.1. The van der Waals surface area contributed by atoms with Gasteiger partial charge in [-0.3, -0.25) is 9.59 Å². The molecule has 0 unspecified atom stereocenters. The van der Waals surface area contributed by atoms with Crippen molar-refractivity contribution in [2.45, 2.75) is 56.4 Å². The number of hydrogen-bond donors (Lipinski definition) is 2. The van der Waals surface area contributed by atoms with Crippen LogP contribution >= 0.6 is 0 Å². The number of nitrogens with one attached hydrogen (secondary N) is 1. The maximum atomic E-state index is 13.2. The normalized spacial score (nSPS) is 18.1. The van der Waals surface area contributed by atoms with Gasteiger partial charge in [0.1, 0.15) is 0 Å². The van der Waals surface area contributed by atoms with Crippen LogP contribution in [0.15, 0.2) is 53.4 Å². The largest absolute Gasteiger partial charge is 0.481 e. The minimum atomic E-state index is -3.71. The van der Waals surface area contributed by atoms with Crippen molar-refractivity contribution in [1.82, 2.24) is 14.2 Å². The molecule has 9 heteroatoms. The van der Waals surface area contributed by atoms with Gasteiger partial charge in [0.15, 0.2) is 0 Å². The van der Waals surface area contributed by atoms with Crippen LogP contribution in [0.5, 0.6) is 0 Å². The predicted molar refractivity (Wildman–Crippen MR) is 144 cm³/mol. The van der Waals surface area contributed by atoms with Crippen molar-refractivity contribution in [2.24, 2.45) is 13.0 Å². The minimum Gasteiger partial charge on any atom is -0.481 e. The second-order valence-electron chi connectivity index (χ2n) is 9.92. The highest BCUT2D eigenvalue weighted by Crippen LogP contribution is 2.30. The molecule has 0 aliphatic heterocycles. The maximum absolute atomic E-state index is 13.2.